The van der Waals surface area contributed by atoms with E-state index >= 15 is 0 Å². The summed E-state index contributed by atoms with van der Waals surface area (Å²) in [6.07, 6.45) is -3.72. The van der Waals surface area contributed by atoms with E-state index in [1.165, 1.54) is 18.2 Å². The molecule has 0 aliphatic rings. The second-order valence-corrected chi connectivity index (χ2v) is 6.37. The lowest BCUT2D eigenvalue weighted by atomic mass is 9.98. The number of carbonyl (C=O) groups is 2. The molecule has 7 nitrogen and oxygen atoms in total. The van der Waals surface area contributed by atoms with Crippen molar-refractivity contribution in [3.63, 3.8) is 0 Å². The summed E-state index contributed by atoms with van der Waals surface area (Å²) in [5.41, 5.74) is -0.918. The maximum atomic E-state index is 11.5. The van der Waals surface area contributed by atoms with Crippen molar-refractivity contribution >= 4 is 23.7 Å². The Hall–Kier alpha value is -1.83. The van der Waals surface area contributed by atoms with E-state index in [1.54, 1.807) is 20.8 Å². The van der Waals surface area contributed by atoms with Gasteiger partial charge in [0.25, 0.3) is 0 Å². The molecule has 2 unspecified atom stereocenters. The summed E-state index contributed by atoms with van der Waals surface area (Å²) in [6, 6.07) is 3.86. The number of alkyl carbamates (subject to hydrolysis) is 1. The molecule has 8 heteroatoms. The zero-order valence-electron chi connectivity index (χ0n) is 13.0. The fourth-order valence-electron chi connectivity index (χ4n) is 1.79. The molecular weight excluding hydrogens is 326 g/mol. The molecule has 2 atom stereocenters. The molecule has 4 N–H and O–H groups in total. The van der Waals surface area contributed by atoms with Crippen molar-refractivity contribution in [2.45, 2.75) is 38.6 Å². The van der Waals surface area contributed by atoms with Crippen molar-refractivity contribution in [2.24, 2.45) is 0 Å². The smallest absolute Gasteiger partial charge is 0.407 e. The lowest BCUT2D eigenvalue weighted by Crippen LogP contribution is -2.39. The van der Waals surface area contributed by atoms with Crippen molar-refractivity contribution in [3.05, 3.63) is 34.3 Å². The molecule has 1 aromatic rings. The van der Waals surface area contributed by atoms with Crippen LogP contribution in [0.3, 0.4) is 0 Å². The summed E-state index contributed by atoms with van der Waals surface area (Å²) in [4.78, 5) is 22.7. The maximum Gasteiger partial charge on any atom is 0.407 e. The minimum Gasteiger partial charge on any atom is -0.478 e. The molecule has 0 saturated carbocycles. The Morgan fingerprint density at radius 3 is 2.43 bits per heavy atom. The number of aliphatic hydroxyl groups is 2. The van der Waals surface area contributed by atoms with Gasteiger partial charge in [0.2, 0.25) is 0 Å². The van der Waals surface area contributed by atoms with Crippen molar-refractivity contribution in [1.82, 2.24) is 5.32 Å². The first-order valence-electron chi connectivity index (χ1n) is 6.87. The summed E-state index contributed by atoms with van der Waals surface area (Å²) < 4.78 is 5.00. The van der Waals surface area contributed by atoms with Crippen LogP contribution in [0.15, 0.2) is 18.2 Å². The lowest BCUT2D eigenvalue weighted by Gasteiger charge is -2.23. The number of aromatic carboxylic acids is 1. The number of carboxylic acids is 1. The third-order valence-corrected chi connectivity index (χ3v) is 3.02. The number of rotatable bonds is 5. The van der Waals surface area contributed by atoms with Gasteiger partial charge < -0.3 is 25.4 Å². The highest BCUT2D eigenvalue weighted by molar-refractivity contribution is 6.30. The van der Waals surface area contributed by atoms with E-state index in [2.05, 4.69) is 5.32 Å². The van der Waals surface area contributed by atoms with Crippen LogP contribution in [0.2, 0.25) is 5.02 Å². The number of nitrogens with one attached hydrogen (secondary N) is 1. The number of aliphatic hydroxyl groups excluding tert-OH is 2. The zero-order valence-corrected chi connectivity index (χ0v) is 13.8. The number of ether oxygens (including phenoxy) is 1. The lowest BCUT2D eigenvalue weighted by molar-refractivity contribution is 0.0121. The minimum atomic E-state index is -1.53. The molecular formula is C15H20ClNO6. The summed E-state index contributed by atoms with van der Waals surface area (Å²) in [6.45, 7) is 4.73. The number of hydrogen-bond acceptors (Lipinski definition) is 5. The topological polar surface area (TPSA) is 116 Å². The third kappa shape index (κ3) is 6.05. The number of halogens is 1. The third-order valence-electron chi connectivity index (χ3n) is 2.78. The number of amides is 1. The number of hydrogen-bond donors (Lipinski definition) is 4. The standard InChI is InChI=1S/C15H20ClNO6/c1-15(2,3)23-14(22)17-7-11(18)12(19)10-6-8(16)4-5-9(10)13(20)21/h4-6,11-12,18-19H,7H2,1-3H3,(H,17,22)(H,20,21). The maximum absolute atomic E-state index is 11.5. The van der Waals surface area contributed by atoms with E-state index in [4.69, 9.17) is 21.4 Å². The van der Waals surface area contributed by atoms with Crippen molar-refractivity contribution < 1.29 is 29.6 Å². The Labute approximate surface area is 138 Å². The summed E-state index contributed by atoms with van der Waals surface area (Å²) in [5.74, 6) is -1.26. The molecule has 0 aliphatic heterocycles. The van der Waals surface area contributed by atoms with E-state index in [1.807, 2.05) is 0 Å². The normalized spacial score (nSPS) is 14.0. The molecule has 0 saturated heterocycles. The van der Waals surface area contributed by atoms with Gasteiger partial charge >= 0.3 is 12.1 Å². The van der Waals surface area contributed by atoms with Gasteiger partial charge in [0.1, 0.15) is 17.8 Å². The minimum absolute atomic E-state index is 0.0384. The number of carboxylic acid groups (broad SMARTS) is 1. The highest BCUT2D eigenvalue weighted by Crippen LogP contribution is 2.25. The molecule has 128 valence electrons. The molecule has 1 rings (SSSR count). The first-order valence-corrected chi connectivity index (χ1v) is 7.25. The molecule has 0 radical (unpaired) electrons. The van der Waals surface area contributed by atoms with Gasteiger partial charge in [-0.15, -0.1) is 0 Å². The van der Waals surface area contributed by atoms with Crippen LogP contribution in [0.4, 0.5) is 4.79 Å². The molecule has 0 fully saturated rings. The monoisotopic (exact) mass is 345 g/mol. The van der Waals surface area contributed by atoms with E-state index in [-0.39, 0.29) is 22.7 Å². The van der Waals surface area contributed by atoms with Crippen LogP contribution >= 0.6 is 11.6 Å². The van der Waals surface area contributed by atoms with Crippen LogP contribution in [-0.2, 0) is 4.74 Å². The molecule has 0 spiro atoms. The second-order valence-electron chi connectivity index (χ2n) is 5.93. The predicted octanol–water partition coefficient (Wildman–Crippen LogP) is 1.96. The fraction of sp³-hybridized carbons (Fsp3) is 0.467. The quantitative estimate of drug-likeness (QED) is 0.648. The Morgan fingerprint density at radius 2 is 1.91 bits per heavy atom. The van der Waals surface area contributed by atoms with Gasteiger partial charge in [-0.25, -0.2) is 9.59 Å². The number of carbonyl (C=O) groups excluding carboxylic acids is 1. The van der Waals surface area contributed by atoms with Gasteiger partial charge in [0.05, 0.1) is 5.56 Å². The van der Waals surface area contributed by atoms with Crippen molar-refractivity contribution in [1.29, 1.82) is 0 Å². The highest BCUT2D eigenvalue weighted by atomic mass is 35.5. The van der Waals surface area contributed by atoms with Crippen LogP contribution in [0.5, 0.6) is 0 Å². The first kappa shape index (κ1) is 19.2. The Balaban J connectivity index is 2.77. The van der Waals surface area contributed by atoms with Gasteiger partial charge in [-0.05, 0) is 44.5 Å². The summed E-state index contributed by atoms with van der Waals surface area (Å²) in [5, 5.41) is 31.7. The van der Waals surface area contributed by atoms with Crippen molar-refractivity contribution in [2.75, 3.05) is 6.54 Å². The average molecular weight is 346 g/mol. The summed E-state index contributed by atoms with van der Waals surface area (Å²) >= 11 is 5.79. The SMILES string of the molecule is CC(C)(C)OC(=O)NCC(O)C(O)c1cc(Cl)ccc1C(=O)O. The van der Waals surface area contributed by atoms with Gasteiger partial charge in [-0.2, -0.15) is 0 Å². The molecule has 0 bridgehead atoms. The predicted molar refractivity (Wildman–Crippen MR) is 83.6 cm³/mol. The van der Waals surface area contributed by atoms with Gasteiger partial charge in [-0.3, -0.25) is 0 Å². The van der Waals surface area contributed by atoms with Gasteiger partial charge in [-0.1, -0.05) is 11.6 Å². The Kier molecular flexibility index (Phi) is 6.37. The molecule has 0 aliphatic carbocycles. The Bertz CT molecular complexity index is 584. The second kappa shape index (κ2) is 7.63. The molecule has 0 aromatic heterocycles. The zero-order chi connectivity index (χ0) is 17.8. The van der Waals surface area contributed by atoms with Crippen LogP contribution in [0.25, 0.3) is 0 Å². The molecule has 23 heavy (non-hydrogen) atoms. The van der Waals surface area contributed by atoms with E-state index in [0.29, 0.717) is 0 Å². The van der Waals surface area contributed by atoms with Gasteiger partial charge in [0, 0.05) is 11.6 Å². The Morgan fingerprint density at radius 1 is 1.30 bits per heavy atom. The van der Waals surface area contributed by atoms with E-state index < -0.39 is 29.9 Å². The molecule has 1 aromatic carbocycles. The van der Waals surface area contributed by atoms with E-state index in [0.717, 1.165) is 0 Å². The van der Waals surface area contributed by atoms with Crippen LogP contribution in [0.1, 0.15) is 42.8 Å². The van der Waals surface area contributed by atoms with Crippen LogP contribution < -0.4 is 5.32 Å². The fourth-order valence-corrected chi connectivity index (χ4v) is 1.97. The van der Waals surface area contributed by atoms with Crippen LogP contribution in [-0.4, -0.2) is 45.6 Å². The highest BCUT2D eigenvalue weighted by Gasteiger charge is 2.25. The summed E-state index contributed by atoms with van der Waals surface area (Å²) in [7, 11) is 0. The first-order chi connectivity index (χ1) is 10.5. The van der Waals surface area contributed by atoms with Crippen LogP contribution in [0, 0.1) is 0 Å². The average Bonchev–Trinajstić information content (AvgIpc) is 2.41. The largest absolute Gasteiger partial charge is 0.478 e. The van der Waals surface area contributed by atoms with Crippen molar-refractivity contribution in [3.8, 4) is 0 Å². The van der Waals surface area contributed by atoms with E-state index in [9.17, 15) is 19.8 Å². The number of benzene rings is 1. The van der Waals surface area contributed by atoms with Gasteiger partial charge in [0.15, 0.2) is 0 Å². The molecule has 0 heterocycles. The molecule has 1 amide bonds.